The highest BCUT2D eigenvalue weighted by Gasteiger charge is 2.43. The molecule has 0 bridgehead atoms. The normalized spacial score (nSPS) is 17.8. The summed E-state index contributed by atoms with van der Waals surface area (Å²) in [5.41, 5.74) is 4.41. The molecule has 0 radical (unpaired) electrons. The van der Waals surface area contributed by atoms with E-state index in [0.717, 1.165) is 11.1 Å². The topological polar surface area (TPSA) is 55.8 Å². The van der Waals surface area contributed by atoms with Crippen LogP contribution in [0.3, 0.4) is 0 Å². The van der Waals surface area contributed by atoms with Crippen LogP contribution in [0.15, 0.2) is 84.1 Å². The minimum Gasteiger partial charge on any atom is -0.489 e. The molecule has 1 atom stereocenters. The van der Waals surface area contributed by atoms with Gasteiger partial charge in [-0.25, -0.2) is 9.18 Å². The Balaban J connectivity index is 1.40. The second-order valence-electron chi connectivity index (χ2n) is 8.25. The summed E-state index contributed by atoms with van der Waals surface area (Å²) in [4.78, 5) is 27.1. The van der Waals surface area contributed by atoms with E-state index in [1.807, 2.05) is 49.4 Å². The summed E-state index contributed by atoms with van der Waals surface area (Å²) in [5, 5.41) is 0. The van der Waals surface area contributed by atoms with Gasteiger partial charge in [0.25, 0.3) is 0 Å². The van der Waals surface area contributed by atoms with Crippen molar-refractivity contribution in [3.05, 3.63) is 107 Å². The summed E-state index contributed by atoms with van der Waals surface area (Å²) in [6.45, 7) is 2.48. The van der Waals surface area contributed by atoms with Crippen molar-refractivity contribution < 1.29 is 23.5 Å². The van der Waals surface area contributed by atoms with E-state index in [-0.39, 0.29) is 18.9 Å². The molecule has 1 amide bonds. The number of carbonyl (C=O) groups is 2. The van der Waals surface area contributed by atoms with E-state index in [2.05, 4.69) is 6.07 Å². The van der Waals surface area contributed by atoms with Gasteiger partial charge in [0.05, 0.1) is 17.0 Å². The summed E-state index contributed by atoms with van der Waals surface area (Å²) in [5.74, 6) is -0.813. The van der Waals surface area contributed by atoms with Gasteiger partial charge >= 0.3 is 5.97 Å². The fourth-order valence-corrected chi connectivity index (χ4v) is 4.42. The molecule has 3 aromatic rings. The Morgan fingerprint density at radius 3 is 2.58 bits per heavy atom. The van der Waals surface area contributed by atoms with Crippen LogP contribution in [-0.4, -0.2) is 18.5 Å². The number of anilines is 1. The lowest BCUT2D eigenvalue weighted by molar-refractivity contribution is -0.136. The van der Waals surface area contributed by atoms with Crippen LogP contribution in [0.5, 0.6) is 5.75 Å². The van der Waals surface area contributed by atoms with Crippen LogP contribution in [0.1, 0.15) is 29.0 Å². The molecular formula is C27H22FNO4. The predicted octanol–water partition coefficient (Wildman–Crippen LogP) is 5.04. The van der Waals surface area contributed by atoms with E-state index in [1.54, 1.807) is 6.07 Å². The minimum atomic E-state index is -0.448. The first-order chi connectivity index (χ1) is 16.0. The van der Waals surface area contributed by atoms with E-state index >= 15 is 0 Å². The highest BCUT2D eigenvalue weighted by atomic mass is 19.1. The highest BCUT2D eigenvalue weighted by molar-refractivity contribution is 6.06. The Labute approximate surface area is 191 Å². The second-order valence-corrected chi connectivity index (χ2v) is 8.25. The van der Waals surface area contributed by atoms with Gasteiger partial charge in [-0.05, 0) is 48.4 Å². The fourth-order valence-electron chi connectivity index (χ4n) is 4.42. The van der Waals surface area contributed by atoms with E-state index in [1.165, 1.54) is 28.7 Å². The first-order valence-corrected chi connectivity index (χ1v) is 10.8. The van der Waals surface area contributed by atoms with Crippen molar-refractivity contribution in [2.45, 2.75) is 25.9 Å². The predicted molar refractivity (Wildman–Crippen MR) is 121 cm³/mol. The summed E-state index contributed by atoms with van der Waals surface area (Å²) in [7, 11) is 0. The van der Waals surface area contributed by atoms with Gasteiger partial charge < -0.3 is 9.47 Å². The van der Waals surface area contributed by atoms with Crippen LogP contribution in [0, 0.1) is 12.7 Å². The third-order valence-corrected chi connectivity index (χ3v) is 5.95. The molecule has 2 heterocycles. The number of benzene rings is 3. The van der Waals surface area contributed by atoms with Gasteiger partial charge in [0, 0.05) is 12.3 Å². The monoisotopic (exact) mass is 443 g/mol. The van der Waals surface area contributed by atoms with E-state index in [4.69, 9.17) is 9.47 Å². The Hall–Kier alpha value is -3.93. The molecule has 33 heavy (non-hydrogen) atoms. The van der Waals surface area contributed by atoms with Gasteiger partial charge in [-0.3, -0.25) is 9.69 Å². The summed E-state index contributed by atoms with van der Waals surface area (Å²) in [6.07, 6.45) is 0.0912. The SMILES string of the molecule is Cc1cccc(COc2ccc(C3CC(=O)N(c4cccc(F)c4)C4=C3C(=O)OC4)cc2)c1. The van der Waals surface area contributed by atoms with Crippen LogP contribution in [0.25, 0.3) is 0 Å². The van der Waals surface area contributed by atoms with E-state index in [9.17, 15) is 14.0 Å². The Morgan fingerprint density at radius 1 is 1.03 bits per heavy atom. The van der Waals surface area contributed by atoms with Gasteiger partial charge in [0.1, 0.15) is 24.8 Å². The molecule has 0 saturated heterocycles. The third kappa shape index (κ3) is 4.12. The lowest BCUT2D eigenvalue weighted by Crippen LogP contribution is -2.37. The molecular weight excluding hydrogens is 421 g/mol. The molecule has 5 nitrogen and oxygen atoms in total. The van der Waals surface area contributed by atoms with Crippen LogP contribution < -0.4 is 9.64 Å². The average molecular weight is 443 g/mol. The molecule has 0 N–H and O–H groups in total. The van der Waals surface area contributed by atoms with Crippen molar-refractivity contribution in [1.29, 1.82) is 0 Å². The second kappa shape index (κ2) is 8.54. The lowest BCUT2D eigenvalue weighted by atomic mass is 9.84. The lowest BCUT2D eigenvalue weighted by Gasteiger charge is -2.31. The number of cyclic esters (lactones) is 1. The summed E-state index contributed by atoms with van der Waals surface area (Å²) in [6, 6.07) is 21.3. The van der Waals surface area contributed by atoms with Gasteiger partial charge in [-0.1, -0.05) is 48.0 Å². The fraction of sp³-hybridized carbons (Fsp3) is 0.185. The Kier molecular flexibility index (Phi) is 5.42. The summed E-state index contributed by atoms with van der Waals surface area (Å²) >= 11 is 0. The highest BCUT2D eigenvalue weighted by Crippen LogP contribution is 2.42. The van der Waals surface area contributed by atoms with Crippen LogP contribution in [-0.2, 0) is 20.9 Å². The molecule has 166 valence electrons. The van der Waals surface area contributed by atoms with Gasteiger partial charge in [-0.15, -0.1) is 0 Å². The summed E-state index contributed by atoms with van der Waals surface area (Å²) < 4.78 is 24.9. The number of amides is 1. The number of carbonyl (C=O) groups excluding carboxylic acids is 2. The Bertz CT molecular complexity index is 1270. The zero-order valence-corrected chi connectivity index (χ0v) is 18.1. The molecule has 2 aliphatic heterocycles. The van der Waals surface area contributed by atoms with Crippen molar-refractivity contribution >= 4 is 17.6 Å². The molecule has 2 aliphatic rings. The van der Waals surface area contributed by atoms with Crippen molar-refractivity contribution in [3.8, 4) is 5.75 Å². The zero-order chi connectivity index (χ0) is 22.9. The smallest absolute Gasteiger partial charge is 0.336 e. The van der Waals surface area contributed by atoms with Crippen molar-refractivity contribution in [3.63, 3.8) is 0 Å². The number of halogens is 1. The number of hydrogen-bond acceptors (Lipinski definition) is 4. The van der Waals surface area contributed by atoms with Crippen molar-refractivity contribution in [2.24, 2.45) is 0 Å². The first-order valence-electron chi connectivity index (χ1n) is 10.8. The average Bonchev–Trinajstić information content (AvgIpc) is 3.19. The quantitative estimate of drug-likeness (QED) is 0.518. The number of nitrogens with zero attached hydrogens (tertiary/aromatic N) is 1. The number of aryl methyl sites for hydroxylation is 1. The molecule has 6 heteroatoms. The zero-order valence-electron chi connectivity index (χ0n) is 18.1. The molecule has 0 aliphatic carbocycles. The number of rotatable bonds is 5. The van der Waals surface area contributed by atoms with Gasteiger partial charge in [0.15, 0.2) is 0 Å². The third-order valence-electron chi connectivity index (χ3n) is 5.95. The van der Waals surface area contributed by atoms with Crippen LogP contribution in [0.2, 0.25) is 0 Å². The van der Waals surface area contributed by atoms with Crippen molar-refractivity contribution in [2.75, 3.05) is 11.5 Å². The molecule has 5 rings (SSSR count). The minimum absolute atomic E-state index is 0.00932. The molecule has 1 unspecified atom stereocenters. The van der Waals surface area contributed by atoms with Crippen LogP contribution >= 0.6 is 0 Å². The maximum Gasteiger partial charge on any atom is 0.336 e. The molecule has 0 aromatic heterocycles. The molecule has 0 saturated carbocycles. The standard InChI is InChI=1S/C27H22FNO4/c1-17-4-2-5-18(12-17)15-32-22-10-8-19(9-11-22)23-14-25(30)29(21-7-3-6-20(28)13-21)24-16-33-27(31)26(23)24/h2-13,23H,14-16H2,1H3. The largest absolute Gasteiger partial charge is 0.489 e. The first kappa shape index (κ1) is 20.9. The van der Waals surface area contributed by atoms with E-state index in [0.29, 0.717) is 29.3 Å². The number of esters is 1. The Morgan fingerprint density at radius 2 is 1.82 bits per heavy atom. The van der Waals surface area contributed by atoms with Crippen molar-refractivity contribution in [1.82, 2.24) is 0 Å². The van der Waals surface area contributed by atoms with Gasteiger partial charge in [-0.2, -0.15) is 0 Å². The molecule has 0 fully saturated rings. The number of ether oxygens (including phenoxy) is 2. The van der Waals surface area contributed by atoms with Crippen LogP contribution in [0.4, 0.5) is 10.1 Å². The molecule has 3 aromatic carbocycles. The van der Waals surface area contributed by atoms with Gasteiger partial charge in [0.2, 0.25) is 5.91 Å². The van der Waals surface area contributed by atoms with E-state index < -0.39 is 17.7 Å². The maximum atomic E-state index is 13.8. The maximum absolute atomic E-state index is 13.8. The number of hydrogen-bond donors (Lipinski definition) is 0. The molecule has 0 spiro atoms.